The lowest BCUT2D eigenvalue weighted by Crippen LogP contribution is -2.56. The molecule has 2 atom stereocenters. The van der Waals surface area contributed by atoms with Gasteiger partial charge in [-0.05, 0) is 47.4 Å². The van der Waals surface area contributed by atoms with E-state index in [-0.39, 0.29) is 12.0 Å². The van der Waals surface area contributed by atoms with Gasteiger partial charge in [0.1, 0.15) is 6.61 Å². The first kappa shape index (κ1) is 17.7. The highest BCUT2D eigenvalue weighted by molar-refractivity contribution is 5.79. The number of amides is 1. The van der Waals surface area contributed by atoms with Crippen molar-refractivity contribution in [3.8, 4) is 11.1 Å². The summed E-state index contributed by atoms with van der Waals surface area (Å²) in [5.41, 5.74) is 4.19. The molecule has 1 aliphatic heterocycles. The maximum Gasteiger partial charge on any atom is 0.409 e. The molecule has 5 rings (SSSR count). The molecule has 0 unspecified atom stereocenters. The fraction of sp³-hybridized carbons (Fsp3) is 0.458. The van der Waals surface area contributed by atoms with Gasteiger partial charge in [-0.2, -0.15) is 0 Å². The SMILES string of the molecule is O=C(OCC1c2ccccc2-c2ccccc21)N1CC[C@H]2CCCC[C@]2(O)C1. The van der Waals surface area contributed by atoms with Gasteiger partial charge in [0.05, 0.1) is 12.1 Å². The van der Waals surface area contributed by atoms with Gasteiger partial charge < -0.3 is 14.7 Å². The van der Waals surface area contributed by atoms with Gasteiger partial charge in [-0.3, -0.25) is 0 Å². The van der Waals surface area contributed by atoms with Gasteiger partial charge in [0.2, 0.25) is 0 Å². The second-order valence-corrected chi connectivity index (χ2v) is 8.56. The summed E-state index contributed by atoms with van der Waals surface area (Å²) in [6.45, 7) is 1.43. The zero-order valence-corrected chi connectivity index (χ0v) is 16.1. The van der Waals surface area contributed by atoms with Crippen molar-refractivity contribution in [1.29, 1.82) is 0 Å². The fourth-order valence-corrected chi connectivity index (χ4v) is 5.48. The number of ether oxygens (including phenoxy) is 1. The highest BCUT2D eigenvalue weighted by atomic mass is 16.6. The Morgan fingerprint density at radius 3 is 2.43 bits per heavy atom. The number of carbonyl (C=O) groups excluding carboxylic acids is 1. The molecule has 1 saturated heterocycles. The number of β-amino-alcohol motifs (C(OH)–C–C–N with tert-alkyl or cyclic N) is 1. The van der Waals surface area contributed by atoms with Gasteiger partial charge in [0.15, 0.2) is 0 Å². The summed E-state index contributed by atoms with van der Waals surface area (Å²) in [6, 6.07) is 16.7. The van der Waals surface area contributed by atoms with Crippen molar-refractivity contribution in [2.45, 2.75) is 43.6 Å². The number of piperidine rings is 1. The zero-order chi connectivity index (χ0) is 19.1. The number of aliphatic hydroxyl groups is 1. The molecule has 1 saturated carbocycles. The molecule has 2 aromatic rings. The normalized spacial score (nSPS) is 26.3. The van der Waals surface area contributed by atoms with E-state index in [1.54, 1.807) is 4.90 Å². The largest absolute Gasteiger partial charge is 0.448 e. The molecule has 3 aliphatic rings. The predicted molar refractivity (Wildman–Crippen MR) is 108 cm³/mol. The number of hydrogen-bond acceptors (Lipinski definition) is 3. The van der Waals surface area contributed by atoms with Crippen LogP contribution in [0.4, 0.5) is 4.79 Å². The second kappa shape index (κ2) is 6.93. The predicted octanol–water partition coefficient (Wildman–Crippen LogP) is 4.56. The Morgan fingerprint density at radius 2 is 1.71 bits per heavy atom. The van der Waals surface area contributed by atoms with Crippen LogP contribution in [0.3, 0.4) is 0 Å². The van der Waals surface area contributed by atoms with Crippen molar-refractivity contribution in [2.75, 3.05) is 19.7 Å². The van der Waals surface area contributed by atoms with Gasteiger partial charge >= 0.3 is 6.09 Å². The summed E-state index contributed by atoms with van der Waals surface area (Å²) < 4.78 is 5.78. The Bertz CT molecular complexity index is 849. The zero-order valence-electron chi connectivity index (χ0n) is 16.1. The van der Waals surface area contributed by atoms with Gasteiger partial charge in [-0.25, -0.2) is 4.79 Å². The van der Waals surface area contributed by atoms with Gasteiger partial charge in [0.25, 0.3) is 0 Å². The van der Waals surface area contributed by atoms with Crippen LogP contribution in [0.5, 0.6) is 0 Å². The maximum atomic E-state index is 12.8. The van der Waals surface area contributed by atoms with Crippen LogP contribution in [0.25, 0.3) is 11.1 Å². The number of benzene rings is 2. The molecular formula is C24H27NO3. The quantitative estimate of drug-likeness (QED) is 0.834. The fourth-order valence-electron chi connectivity index (χ4n) is 5.48. The van der Waals surface area contributed by atoms with E-state index >= 15 is 0 Å². The first-order valence-corrected chi connectivity index (χ1v) is 10.5. The lowest BCUT2D eigenvalue weighted by molar-refractivity contribution is -0.0952. The van der Waals surface area contributed by atoms with Crippen molar-refractivity contribution in [2.24, 2.45) is 5.92 Å². The standard InChI is InChI=1S/C24H27NO3/c26-23(25-14-12-17-7-5-6-13-24(17,27)16-25)28-15-22-20-10-3-1-8-18(20)19-9-2-4-11-21(19)22/h1-4,8-11,17,22,27H,5-7,12-16H2/t17-,24+/m1/s1. The van der Waals surface area contributed by atoms with Crippen LogP contribution in [0.1, 0.15) is 49.1 Å². The minimum Gasteiger partial charge on any atom is -0.448 e. The minimum absolute atomic E-state index is 0.0756. The van der Waals surface area contributed by atoms with Crippen LogP contribution in [0, 0.1) is 5.92 Å². The molecule has 1 amide bonds. The van der Waals surface area contributed by atoms with Crippen LogP contribution >= 0.6 is 0 Å². The van der Waals surface area contributed by atoms with E-state index in [0.717, 1.165) is 25.7 Å². The monoisotopic (exact) mass is 377 g/mol. The van der Waals surface area contributed by atoms with Gasteiger partial charge in [-0.15, -0.1) is 0 Å². The van der Waals surface area contributed by atoms with E-state index in [2.05, 4.69) is 36.4 Å². The number of fused-ring (bicyclic) bond motifs is 4. The van der Waals surface area contributed by atoms with Crippen LogP contribution in [-0.2, 0) is 4.74 Å². The molecule has 2 aliphatic carbocycles. The van der Waals surface area contributed by atoms with Gasteiger partial charge in [-0.1, -0.05) is 61.4 Å². The third-order valence-corrected chi connectivity index (χ3v) is 6.98. The molecule has 28 heavy (non-hydrogen) atoms. The minimum atomic E-state index is -0.720. The van der Waals surface area contributed by atoms with Gasteiger partial charge in [0, 0.05) is 12.5 Å². The first-order chi connectivity index (χ1) is 13.7. The highest BCUT2D eigenvalue weighted by Gasteiger charge is 2.44. The van der Waals surface area contributed by atoms with Crippen molar-refractivity contribution in [3.05, 3.63) is 59.7 Å². The van der Waals surface area contributed by atoms with Crippen molar-refractivity contribution in [1.82, 2.24) is 4.90 Å². The van der Waals surface area contributed by atoms with Crippen LogP contribution in [-0.4, -0.2) is 41.4 Å². The third kappa shape index (κ3) is 2.91. The van der Waals surface area contributed by atoms with E-state index in [1.807, 2.05) is 12.1 Å². The highest BCUT2D eigenvalue weighted by Crippen LogP contribution is 2.45. The summed E-state index contributed by atoms with van der Waals surface area (Å²) in [5, 5.41) is 11.0. The third-order valence-electron chi connectivity index (χ3n) is 6.98. The summed E-state index contributed by atoms with van der Waals surface area (Å²) >= 11 is 0. The summed E-state index contributed by atoms with van der Waals surface area (Å²) in [6.07, 6.45) is 4.70. The van der Waals surface area contributed by atoms with Crippen LogP contribution < -0.4 is 0 Å². The Labute approximate surface area is 166 Å². The van der Waals surface area contributed by atoms with E-state index in [1.165, 1.54) is 28.7 Å². The Kier molecular flexibility index (Phi) is 4.39. The van der Waals surface area contributed by atoms with E-state index in [0.29, 0.717) is 25.6 Å². The number of nitrogens with zero attached hydrogens (tertiary/aromatic N) is 1. The maximum absolute atomic E-state index is 12.8. The summed E-state index contributed by atoms with van der Waals surface area (Å²) in [7, 11) is 0. The molecule has 0 aromatic heterocycles. The van der Waals surface area contributed by atoms with E-state index in [9.17, 15) is 9.90 Å². The number of rotatable bonds is 2. The Morgan fingerprint density at radius 1 is 1.04 bits per heavy atom. The number of carbonyl (C=O) groups is 1. The first-order valence-electron chi connectivity index (χ1n) is 10.5. The molecule has 2 aromatic carbocycles. The van der Waals surface area contributed by atoms with Crippen LogP contribution in [0.15, 0.2) is 48.5 Å². The Hall–Kier alpha value is -2.33. The molecule has 1 N–H and O–H groups in total. The molecule has 0 bridgehead atoms. The smallest absolute Gasteiger partial charge is 0.409 e. The molecular weight excluding hydrogens is 350 g/mol. The molecule has 0 radical (unpaired) electrons. The molecule has 2 fully saturated rings. The molecule has 0 spiro atoms. The number of likely N-dealkylation sites (tertiary alicyclic amines) is 1. The lowest BCUT2D eigenvalue weighted by atomic mass is 9.71. The molecule has 4 heteroatoms. The second-order valence-electron chi connectivity index (χ2n) is 8.56. The van der Waals surface area contributed by atoms with Crippen molar-refractivity contribution in [3.63, 3.8) is 0 Å². The molecule has 4 nitrogen and oxygen atoms in total. The average Bonchev–Trinajstić information content (AvgIpc) is 3.05. The molecule has 146 valence electrons. The number of hydrogen-bond donors (Lipinski definition) is 1. The Balaban J connectivity index is 1.30. The lowest BCUT2D eigenvalue weighted by Gasteiger charge is -2.47. The van der Waals surface area contributed by atoms with E-state index < -0.39 is 5.60 Å². The van der Waals surface area contributed by atoms with Crippen molar-refractivity contribution >= 4 is 6.09 Å². The molecule has 1 heterocycles. The summed E-state index contributed by atoms with van der Waals surface area (Å²) in [5.74, 6) is 0.408. The van der Waals surface area contributed by atoms with Crippen LogP contribution in [0.2, 0.25) is 0 Å². The van der Waals surface area contributed by atoms with E-state index in [4.69, 9.17) is 4.74 Å². The topological polar surface area (TPSA) is 49.8 Å². The summed E-state index contributed by atoms with van der Waals surface area (Å²) in [4.78, 5) is 14.5. The average molecular weight is 377 g/mol. The van der Waals surface area contributed by atoms with Crippen molar-refractivity contribution < 1.29 is 14.6 Å².